The summed E-state index contributed by atoms with van der Waals surface area (Å²) in [7, 11) is 3.96. The first-order chi connectivity index (χ1) is 31.4. The highest BCUT2D eigenvalue weighted by Crippen LogP contribution is 2.63. The Hall–Kier alpha value is -3.49. The second-order valence-electron chi connectivity index (χ2n) is 21.1. The predicted molar refractivity (Wildman–Crippen MR) is 260 cm³/mol. The molecular formula is C51H74N6O6S2. The monoisotopic (exact) mass is 931 g/mol. The van der Waals surface area contributed by atoms with Crippen LogP contribution in [0, 0.1) is 16.7 Å². The number of phenols is 1. The number of carbonyl (C=O) groups excluding carboxylic acids is 2. The fraction of sp³-hybridized carbons (Fsp3) is 0.706. The molecule has 3 saturated carbocycles. The molecule has 0 radical (unpaired) electrons. The van der Waals surface area contributed by atoms with Gasteiger partial charge in [0.25, 0.3) is 0 Å². The molecule has 4 fully saturated rings. The van der Waals surface area contributed by atoms with E-state index in [1.165, 1.54) is 45.4 Å². The number of fused-ring (bicyclic) bond motifs is 5. The van der Waals surface area contributed by atoms with E-state index < -0.39 is 23.2 Å². The number of rotatable bonds is 3. The van der Waals surface area contributed by atoms with Crippen molar-refractivity contribution >= 4 is 39.4 Å². The molecule has 12 nitrogen and oxygen atoms in total. The van der Waals surface area contributed by atoms with Crippen LogP contribution in [-0.4, -0.2) is 81.0 Å². The zero-order valence-corrected chi connectivity index (χ0v) is 40.3. The maximum absolute atomic E-state index is 14.4. The van der Waals surface area contributed by atoms with Gasteiger partial charge in [0, 0.05) is 85.5 Å². The number of dihydropyridines is 1. The van der Waals surface area contributed by atoms with E-state index in [-0.39, 0.29) is 40.4 Å². The lowest BCUT2D eigenvalue weighted by molar-refractivity contribution is -0.148. The van der Waals surface area contributed by atoms with Gasteiger partial charge in [-0.15, -0.1) is 0 Å². The van der Waals surface area contributed by atoms with Crippen LogP contribution in [0.4, 0.5) is 0 Å². The Bertz CT molecular complexity index is 2060. The van der Waals surface area contributed by atoms with Crippen molar-refractivity contribution in [1.29, 1.82) is 0 Å². The number of aliphatic hydroxyl groups is 1. The molecule has 9 aliphatic rings. The molecule has 356 valence electrons. The quantitative estimate of drug-likeness (QED) is 0.0967. The number of nitrogens with zero attached hydrogens (tertiary/aromatic N) is 2. The third kappa shape index (κ3) is 9.92. The minimum Gasteiger partial charge on any atom is -0.504 e. The van der Waals surface area contributed by atoms with Gasteiger partial charge in [-0.3, -0.25) is 14.6 Å². The van der Waals surface area contributed by atoms with Gasteiger partial charge in [-0.1, -0.05) is 65.8 Å². The highest BCUT2D eigenvalue weighted by Gasteiger charge is 2.57. The zero-order valence-electron chi connectivity index (χ0n) is 38.7. The minimum atomic E-state index is -0.576. The Morgan fingerprint density at radius 2 is 1.83 bits per heavy atom. The molecule has 4 aliphatic carbocycles. The first-order valence-electron chi connectivity index (χ1n) is 25.1. The number of hydrogen-bond acceptors (Lipinski definition) is 13. The van der Waals surface area contributed by atoms with Gasteiger partial charge in [0.05, 0.1) is 11.9 Å². The molecule has 1 aromatic rings. The van der Waals surface area contributed by atoms with Gasteiger partial charge in [0.2, 0.25) is 5.91 Å². The Morgan fingerprint density at radius 3 is 2.66 bits per heavy atom. The Kier molecular flexibility index (Phi) is 14.1. The largest absolute Gasteiger partial charge is 0.504 e. The molecular weight excluding hydrogens is 857 g/mol. The summed E-state index contributed by atoms with van der Waals surface area (Å²) in [6.45, 7) is 3.31. The average Bonchev–Trinajstić information content (AvgIpc) is 4.02. The van der Waals surface area contributed by atoms with Crippen molar-refractivity contribution < 1.29 is 29.3 Å². The number of aliphatic hydroxyl groups excluding tert-OH is 1. The van der Waals surface area contributed by atoms with Gasteiger partial charge in [0.15, 0.2) is 17.5 Å². The number of ether oxygens (including phenoxy) is 2. The Morgan fingerprint density at radius 1 is 1.00 bits per heavy atom. The second kappa shape index (κ2) is 19.6. The van der Waals surface area contributed by atoms with Crippen molar-refractivity contribution in [2.75, 3.05) is 25.4 Å². The Labute approximate surface area is 394 Å². The maximum atomic E-state index is 14.4. The first-order valence-corrected chi connectivity index (χ1v) is 27.4. The first kappa shape index (κ1) is 46.6. The highest BCUT2D eigenvalue weighted by molar-refractivity contribution is 8.77. The number of hydrogen-bond donors (Lipinski definition) is 6. The predicted octanol–water partition coefficient (Wildman–Crippen LogP) is 8.50. The average molecular weight is 931 g/mol. The van der Waals surface area contributed by atoms with E-state index in [0.29, 0.717) is 93.6 Å². The van der Waals surface area contributed by atoms with Crippen molar-refractivity contribution in [2.24, 2.45) is 33.2 Å². The smallest absolute Gasteiger partial charge is 0.302 e. The summed E-state index contributed by atoms with van der Waals surface area (Å²) < 4.78 is 13.0. The summed E-state index contributed by atoms with van der Waals surface area (Å²) in [6.07, 6.45) is 28.1. The van der Waals surface area contributed by atoms with Gasteiger partial charge in [-0.05, 0) is 126 Å². The fourth-order valence-electron chi connectivity index (χ4n) is 13.4. The minimum absolute atomic E-state index is 0.0438. The van der Waals surface area contributed by atoms with Crippen molar-refractivity contribution in [2.45, 2.75) is 183 Å². The van der Waals surface area contributed by atoms with Crippen molar-refractivity contribution in [3.8, 4) is 11.5 Å². The zero-order chi connectivity index (χ0) is 45.2. The number of nitrogens with two attached hydrogens (primary N) is 2. The third-order valence-corrected chi connectivity index (χ3v) is 19.9. The molecule has 7 unspecified atom stereocenters. The number of amides is 1. The van der Waals surface area contributed by atoms with Crippen LogP contribution in [0.15, 0.2) is 46.8 Å². The van der Waals surface area contributed by atoms with Crippen LogP contribution in [-0.2, 0) is 27.3 Å². The second-order valence-corrected chi connectivity index (χ2v) is 23.8. The van der Waals surface area contributed by atoms with Crippen LogP contribution in [0.1, 0.15) is 164 Å². The van der Waals surface area contributed by atoms with E-state index >= 15 is 0 Å². The standard InChI is InChI=1S/C51H74N6O6S2/c1-34(58)62-41-13-12-36-27-38(45(61)46-44(36)37-14-21-50(63-46)19-8-10-39(50)28-37)32-57-33-48(31-43(57)60,30-35-15-23-54-42(52)26-35)22-24-55-47(53)56-51(20-9-18-49(51)16-5-6-17-49)65-64-25-7-3-2-4-11-40(59)29-41/h14-15,21,26-27,37,39-41,54,59,61H,2-13,16-20,22-25,28-33,52H2,1H3,(H3,53,55,56). The van der Waals surface area contributed by atoms with Crippen LogP contribution in [0.3, 0.4) is 0 Å². The summed E-state index contributed by atoms with van der Waals surface area (Å²) in [5.41, 5.74) is 16.3. The lowest BCUT2D eigenvalue weighted by Gasteiger charge is -2.44. The van der Waals surface area contributed by atoms with Crippen molar-refractivity contribution in [1.82, 2.24) is 15.5 Å². The summed E-state index contributed by atoms with van der Waals surface area (Å²) in [5, 5.41) is 30.7. The van der Waals surface area contributed by atoms with Crippen LogP contribution in [0.25, 0.3) is 0 Å². The maximum Gasteiger partial charge on any atom is 0.302 e. The molecule has 7 atom stereocenters. The molecule has 65 heavy (non-hydrogen) atoms. The number of benzene rings is 1. The molecule has 10 rings (SSSR count). The number of phenolic OH excluding ortho intramolecular Hbond substituents is 1. The molecule has 5 heterocycles. The number of guanidine groups is 1. The summed E-state index contributed by atoms with van der Waals surface area (Å²) in [4.78, 5) is 33.7. The topological polar surface area (TPSA) is 185 Å². The molecule has 1 aromatic carbocycles. The number of aliphatic imine (C=N–C) groups is 1. The van der Waals surface area contributed by atoms with Gasteiger partial charge >= 0.3 is 5.97 Å². The van der Waals surface area contributed by atoms with E-state index in [4.69, 9.17) is 25.9 Å². The number of carbonyl (C=O) groups is 2. The molecule has 8 N–H and O–H groups in total. The van der Waals surface area contributed by atoms with E-state index in [0.717, 1.165) is 80.2 Å². The van der Waals surface area contributed by atoms with Gasteiger partial charge < -0.3 is 46.7 Å². The van der Waals surface area contributed by atoms with Gasteiger partial charge in [-0.2, -0.15) is 0 Å². The molecule has 1 amide bonds. The van der Waals surface area contributed by atoms with Crippen LogP contribution < -0.4 is 26.8 Å². The number of aromatic hydroxyl groups is 1. The summed E-state index contributed by atoms with van der Waals surface area (Å²) >= 11 is 0. The van der Waals surface area contributed by atoms with Gasteiger partial charge in [-0.25, -0.2) is 0 Å². The molecule has 0 aromatic heterocycles. The van der Waals surface area contributed by atoms with Crippen LogP contribution in [0.5, 0.6) is 11.5 Å². The lowest BCUT2D eigenvalue weighted by atomic mass is 9.75. The van der Waals surface area contributed by atoms with Crippen molar-refractivity contribution in [3.05, 3.63) is 58.5 Å². The molecule has 6 bridgehead atoms. The number of aryl methyl sites for hydroxylation is 1. The van der Waals surface area contributed by atoms with Crippen LogP contribution in [0.2, 0.25) is 0 Å². The SMILES string of the molecule is CC(=O)OC1CCc2cc(c(O)c3c2C2C=CC4(CCCC4C2)O3)CN2CC(CC3=CCNC(N)=C3)(CCN=C(N)NC3(CCCC34CCCC4)SSCCCCCCC(O)C1)CC2=O. The van der Waals surface area contributed by atoms with E-state index in [1.807, 2.05) is 32.6 Å². The normalized spacial score (nSPS) is 34.4. The Balaban J connectivity index is 1.04. The lowest BCUT2D eigenvalue weighted by Crippen LogP contribution is -2.55. The third-order valence-electron chi connectivity index (χ3n) is 16.6. The number of esters is 1. The highest BCUT2D eigenvalue weighted by atomic mass is 33.1. The van der Waals surface area contributed by atoms with E-state index in [2.05, 4.69) is 34.9 Å². The number of nitrogens with one attached hydrogen (secondary N) is 2. The summed E-state index contributed by atoms with van der Waals surface area (Å²) in [6, 6.07) is 2.08. The van der Waals surface area contributed by atoms with E-state index in [1.54, 1.807) is 0 Å². The molecule has 14 heteroatoms. The van der Waals surface area contributed by atoms with E-state index in [9.17, 15) is 19.8 Å². The summed E-state index contributed by atoms with van der Waals surface area (Å²) in [5.74, 6) is 2.99. The number of allylic oxidation sites excluding steroid dienone is 3. The molecule has 1 saturated heterocycles. The molecule has 3 spiro atoms. The van der Waals surface area contributed by atoms with Crippen LogP contribution >= 0.6 is 21.6 Å². The van der Waals surface area contributed by atoms with Crippen molar-refractivity contribution in [3.63, 3.8) is 0 Å². The van der Waals surface area contributed by atoms with Gasteiger partial charge in [0.1, 0.15) is 16.6 Å². The fourth-order valence-corrected chi connectivity index (χ4v) is 17.0. The molecule has 5 aliphatic heterocycles.